The van der Waals surface area contributed by atoms with Gasteiger partial charge in [0.15, 0.2) is 0 Å². The molecule has 96 valence electrons. The summed E-state index contributed by atoms with van der Waals surface area (Å²) in [5.74, 6) is 0. The Morgan fingerprint density at radius 2 is 2.11 bits per heavy atom. The van der Waals surface area contributed by atoms with Crippen molar-refractivity contribution in [3.63, 3.8) is 0 Å². The minimum absolute atomic E-state index is 0.812. The summed E-state index contributed by atoms with van der Waals surface area (Å²) >= 11 is 7.85. The molecule has 0 saturated carbocycles. The zero-order chi connectivity index (χ0) is 12.8. The molecular weight excluding hydrogens is 264 g/mol. The van der Waals surface area contributed by atoms with Gasteiger partial charge in [0.1, 0.15) is 0 Å². The van der Waals surface area contributed by atoms with Crippen molar-refractivity contribution in [3.8, 4) is 0 Å². The molecule has 0 radical (unpaired) electrons. The van der Waals surface area contributed by atoms with Crippen LogP contribution in [0, 0.1) is 6.92 Å². The Morgan fingerprint density at radius 3 is 2.83 bits per heavy atom. The molecule has 0 fully saturated rings. The highest BCUT2D eigenvalue weighted by atomic mass is 35.5. The molecule has 0 spiro atoms. The van der Waals surface area contributed by atoms with Crippen molar-refractivity contribution >= 4 is 28.6 Å². The third-order valence-electron chi connectivity index (χ3n) is 2.68. The van der Waals surface area contributed by atoms with Gasteiger partial charge in [-0.1, -0.05) is 23.7 Å². The zero-order valence-electron chi connectivity index (χ0n) is 10.4. The lowest BCUT2D eigenvalue weighted by Crippen LogP contribution is -2.21. The van der Waals surface area contributed by atoms with Gasteiger partial charge in [-0.05, 0) is 36.1 Å². The maximum absolute atomic E-state index is 6.07. The summed E-state index contributed by atoms with van der Waals surface area (Å²) in [6.45, 7) is 4.77. The summed E-state index contributed by atoms with van der Waals surface area (Å²) in [4.78, 5) is 1.37. The number of benzene rings is 1. The molecule has 1 aromatic heterocycles. The number of halogens is 1. The van der Waals surface area contributed by atoms with Crippen molar-refractivity contribution in [2.45, 2.75) is 13.5 Å². The molecule has 0 saturated heterocycles. The number of anilines is 1. The normalized spacial score (nSPS) is 10.6. The molecule has 0 unspecified atom stereocenters. The Hall–Kier alpha value is -1.03. The van der Waals surface area contributed by atoms with Crippen molar-refractivity contribution in [2.75, 3.05) is 18.4 Å². The first-order chi connectivity index (χ1) is 8.75. The van der Waals surface area contributed by atoms with E-state index in [2.05, 4.69) is 34.2 Å². The molecule has 18 heavy (non-hydrogen) atoms. The second-order valence-electron chi connectivity index (χ2n) is 4.15. The SMILES string of the molecule is Cc1ccc(NCCNCc2cccs2)cc1Cl. The van der Waals surface area contributed by atoms with E-state index in [-0.39, 0.29) is 0 Å². The van der Waals surface area contributed by atoms with Crippen LogP contribution in [0.2, 0.25) is 5.02 Å². The van der Waals surface area contributed by atoms with Gasteiger partial charge in [-0.2, -0.15) is 0 Å². The van der Waals surface area contributed by atoms with Crippen molar-refractivity contribution < 1.29 is 0 Å². The number of nitrogens with one attached hydrogen (secondary N) is 2. The summed E-state index contributed by atoms with van der Waals surface area (Å²) in [7, 11) is 0. The number of hydrogen-bond acceptors (Lipinski definition) is 3. The number of aryl methyl sites for hydroxylation is 1. The predicted octanol–water partition coefficient (Wildman–Crippen LogP) is 3.91. The fourth-order valence-electron chi connectivity index (χ4n) is 1.62. The molecule has 4 heteroatoms. The van der Waals surface area contributed by atoms with E-state index in [9.17, 15) is 0 Å². The lowest BCUT2D eigenvalue weighted by molar-refractivity contribution is 0.714. The van der Waals surface area contributed by atoms with Gasteiger partial charge in [-0.25, -0.2) is 0 Å². The zero-order valence-corrected chi connectivity index (χ0v) is 11.9. The molecule has 0 atom stereocenters. The first kappa shape index (κ1) is 13.4. The van der Waals surface area contributed by atoms with E-state index in [4.69, 9.17) is 11.6 Å². The van der Waals surface area contributed by atoms with Crippen molar-refractivity contribution in [2.24, 2.45) is 0 Å². The third kappa shape index (κ3) is 4.02. The van der Waals surface area contributed by atoms with Gasteiger partial charge in [0.2, 0.25) is 0 Å². The fraction of sp³-hybridized carbons (Fsp3) is 0.286. The van der Waals surface area contributed by atoms with Gasteiger partial charge in [0.25, 0.3) is 0 Å². The third-order valence-corrected chi connectivity index (χ3v) is 3.97. The largest absolute Gasteiger partial charge is 0.384 e. The van der Waals surface area contributed by atoms with E-state index < -0.39 is 0 Å². The molecule has 0 aliphatic rings. The Bertz CT molecular complexity index is 483. The van der Waals surface area contributed by atoms with E-state index in [1.165, 1.54) is 4.88 Å². The first-order valence-corrected chi connectivity index (χ1v) is 7.24. The van der Waals surface area contributed by atoms with Crippen LogP contribution < -0.4 is 10.6 Å². The number of hydrogen-bond donors (Lipinski definition) is 2. The second-order valence-corrected chi connectivity index (χ2v) is 5.59. The Labute approximate surface area is 117 Å². The fourth-order valence-corrected chi connectivity index (χ4v) is 2.48. The average Bonchev–Trinajstić information content (AvgIpc) is 2.86. The van der Waals surface area contributed by atoms with Gasteiger partial charge in [0.05, 0.1) is 0 Å². The molecular formula is C14H17ClN2S. The van der Waals surface area contributed by atoms with Crippen LogP contribution in [0.5, 0.6) is 0 Å². The van der Waals surface area contributed by atoms with Gasteiger partial charge in [-0.3, -0.25) is 0 Å². The molecule has 2 N–H and O–H groups in total. The number of rotatable bonds is 6. The number of thiophene rings is 1. The standard InChI is InChI=1S/C14H17ClN2S/c1-11-4-5-12(9-14(11)15)17-7-6-16-10-13-3-2-8-18-13/h2-5,8-9,16-17H,6-7,10H2,1H3. The molecule has 2 aromatic rings. The second kappa shape index (κ2) is 6.78. The molecule has 2 nitrogen and oxygen atoms in total. The summed E-state index contributed by atoms with van der Waals surface area (Å²) in [6, 6.07) is 10.3. The van der Waals surface area contributed by atoms with E-state index in [1.807, 2.05) is 19.1 Å². The smallest absolute Gasteiger partial charge is 0.0455 e. The lowest BCUT2D eigenvalue weighted by atomic mass is 10.2. The van der Waals surface area contributed by atoms with Gasteiger partial charge in [0, 0.05) is 35.2 Å². The monoisotopic (exact) mass is 280 g/mol. The molecule has 0 aliphatic heterocycles. The molecule has 0 bridgehead atoms. The molecule has 0 amide bonds. The van der Waals surface area contributed by atoms with Crippen LogP contribution in [0.4, 0.5) is 5.69 Å². The summed E-state index contributed by atoms with van der Waals surface area (Å²) in [5.41, 5.74) is 2.18. The highest BCUT2D eigenvalue weighted by Gasteiger charge is 1.97. The molecule has 2 rings (SSSR count). The highest BCUT2D eigenvalue weighted by Crippen LogP contribution is 2.19. The van der Waals surface area contributed by atoms with Crippen LogP contribution in [0.3, 0.4) is 0 Å². The van der Waals surface area contributed by atoms with Crippen LogP contribution in [-0.2, 0) is 6.54 Å². The Morgan fingerprint density at radius 1 is 1.22 bits per heavy atom. The molecule has 1 heterocycles. The van der Waals surface area contributed by atoms with Crippen molar-refractivity contribution in [1.29, 1.82) is 0 Å². The van der Waals surface area contributed by atoms with Crippen molar-refractivity contribution in [1.82, 2.24) is 5.32 Å². The topological polar surface area (TPSA) is 24.1 Å². The van der Waals surface area contributed by atoms with E-state index in [1.54, 1.807) is 11.3 Å². The van der Waals surface area contributed by atoms with E-state index in [0.29, 0.717) is 0 Å². The molecule has 0 aliphatic carbocycles. The van der Waals surface area contributed by atoms with Gasteiger partial charge >= 0.3 is 0 Å². The van der Waals surface area contributed by atoms with E-state index in [0.717, 1.165) is 35.9 Å². The molecule has 1 aromatic carbocycles. The summed E-state index contributed by atoms with van der Waals surface area (Å²) in [5, 5.41) is 9.66. The van der Waals surface area contributed by atoms with Gasteiger partial charge in [-0.15, -0.1) is 11.3 Å². The predicted molar refractivity (Wildman–Crippen MR) is 80.7 cm³/mol. The highest BCUT2D eigenvalue weighted by molar-refractivity contribution is 7.09. The average molecular weight is 281 g/mol. The van der Waals surface area contributed by atoms with Gasteiger partial charge < -0.3 is 10.6 Å². The van der Waals surface area contributed by atoms with Crippen LogP contribution in [-0.4, -0.2) is 13.1 Å². The minimum atomic E-state index is 0.812. The quantitative estimate of drug-likeness (QED) is 0.784. The van der Waals surface area contributed by atoms with Crippen LogP contribution >= 0.6 is 22.9 Å². The first-order valence-electron chi connectivity index (χ1n) is 5.99. The van der Waals surface area contributed by atoms with Crippen molar-refractivity contribution in [3.05, 3.63) is 51.2 Å². The maximum atomic E-state index is 6.07. The van der Waals surface area contributed by atoms with Crippen LogP contribution in [0.15, 0.2) is 35.7 Å². The minimum Gasteiger partial charge on any atom is -0.384 e. The maximum Gasteiger partial charge on any atom is 0.0455 e. The lowest BCUT2D eigenvalue weighted by Gasteiger charge is -2.08. The Balaban J connectivity index is 1.67. The Kier molecular flexibility index (Phi) is 5.05. The summed E-state index contributed by atoms with van der Waals surface area (Å²) in [6.07, 6.45) is 0. The van der Waals surface area contributed by atoms with E-state index >= 15 is 0 Å². The van der Waals surface area contributed by atoms with Crippen LogP contribution in [0.1, 0.15) is 10.4 Å². The van der Waals surface area contributed by atoms with Crippen LogP contribution in [0.25, 0.3) is 0 Å². The summed E-state index contributed by atoms with van der Waals surface area (Å²) < 4.78 is 0.